The van der Waals surface area contributed by atoms with Gasteiger partial charge in [0.1, 0.15) is 0 Å². The van der Waals surface area contributed by atoms with E-state index in [1.54, 1.807) is 24.3 Å². The van der Waals surface area contributed by atoms with Gasteiger partial charge in [0.2, 0.25) is 5.91 Å². The lowest BCUT2D eigenvalue weighted by Crippen LogP contribution is -2.58. The third kappa shape index (κ3) is 6.11. The largest absolute Gasteiger partial charge is 0.424 e. The summed E-state index contributed by atoms with van der Waals surface area (Å²) >= 11 is 0. The second-order valence-electron chi connectivity index (χ2n) is 8.99. The minimum atomic E-state index is -6.04. The molecule has 0 saturated heterocycles. The van der Waals surface area contributed by atoms with Gasteiger partial charge < -0.3 is 4.90 Å². The summed E-state index contributed by atoms with van der Waals surface area (Å²) in [5.74, 6) is -12.0. The van der Waals surface area contributed by atoms with Crippen molar-refractivity contribution in [1.82, 2.24) is 4.90 Å². The third-order valence-electron chi connectivity index (χ3n) is 4.85. The number of ether oxygens (including phenoxy) is 1. The van der Waals surface area contributed by atoms with Gasteiger partial charge in [0.25, 0.3) is 0 Å². The highest BCUT2D eigenvalue weighted by Gasteiger charge is 2.72. The molecule has 0 aromatic heterocycles. The summed E-state index contributed by atoms with van der Waals surface area (Å²) in [5, 5.41) is 0. The van der Waals surface area contributed by atoms with Crippen LogP contribution in [0.25, 0.3) is 0 Å². The Kier molecular flexibility index (Phi) is 8.04. The molecular formula is C21H27F8NO2. The molecule has 1 rings (SSSR count). The number of carbonyl (C=O) groups excluding carboxylic acids is 1. The third-order valence-corrected chi connectivity index (χ3v) is 4.85. The highest BCUT2D eigenvalue weighted by molar-refractivity contribution is 5.76. The SMILES string of the molecule is CC(C)c1ccc(CN(C)C(=O)CC(F)(F)C(F)(F)OC(F)(F)C(F)(F)C(C)(C)C)cc1. The van der Waals surface area contributed by atoms with Crippen LogP contribution in [0.5, 0.6) is 0 Å². The Labute approximate surface area is 181 Å². The summed E-state index contributed by atoms with van der Waals surface area (Å²) in [7, 11) is 1.05. The van der Waals surface area contributed by atoms with E-state index < -0.39 is 41.8 Å². The average Bonchev–Trinajstić information content (AvgIpc) is 2.59. The Morgan fingerprint density at radius 3 is 1.78 bits per heavy atom. The van der Waals surface area contributed by atoms with Gasteiger partial charge in [-0.15, -0.1) is 0 Å². The number of hydrogen-bond acceptors (Lipinski definition) is 2. The highest BCUT2D eigenvalue weighted by atomic mass is 19.3. The van der Waals surface area contributed by atoms with E-state index in [-0.39, 0.29) is 12.5 Å². The molecule has 0 radical (unpaired) electrons. The molecule has 0 fully saturated rings. The van der Waals surface area contributed by atoms with Crippen LogP contribution in [0.1, 0.15) is 58.1 Å². The first-order valence-electron chi connectivity index (χ1n) is 9.69. The molecule has 0 aliphatic rings. The summed E-state index contributed by atoms with van der Waals surface area (Å²) in [6.45, 7) is 5.47. The predicted molar refractivity (Wildman–Crippen MR) is 102 cm³/mol. The van der Waals surface area contributed by atoms with Crippen molar-refractivity contribution in [2.24, 2.45) is 5.41 Å². The van der Waals surface area contributed by atoms with E-state index in [1.807, 2.05) is 13.8 Å². The average molecular weight is 477 g/mol. The van der Waals surface area contributed by atoms with Crippen LogP contribution in [0, 0.1) is 5.41 Å². The molecule has 11 heteroatoms. The zero-order valence-electron chi connectivity index (χ0n) is 18.6. The molecule has 0 bridgehead atoms. The summed E-state index contributed by atoms with van der Waals surface area (Å²) in [4.78, 5) is 12.7. The Balaban J connectivity index is 2.93. The van der Waals surface area contributed by atoms with E-state index in [0.29, 0.717) is 31.2 Å². The fourth-order valence-electron chi connectivity index (χ4n) is 2.53. The van der Waals surface area contributed by atoms with Crippen LogP contribution in [-0.4, -0.2) is 41.9 Å². The molecule has 1 aromatic rings. The smallest absolute Gasteiger partial charge is 0.341 e. The Hall–Kier alpha value is -1.91. The first-order valence-corrected chi connectivity index (χ1v) is 9.69. The maximum atomic E-state index is 14.0. The van der Waals surface area contributed by atoms with Crippen LogP contribution >= 0.6 is 0 Å². The number of hydrogen-bond donors (Lipinski definition) is 0. The van der Waals surface area contributed by atoms with Gasteiger partial charge in [0.05, 0.1) is 6.42 Å². The van der Waals surface area contributed by atoms with Crippen LogP contribution in [0.2, 0.25) is 0 Å². The van der Waals surface area contributed by atoms with Gasteiger partial charge in [-0.3, -0.25) is 4.79 Å². The molecule has 0 atom stereocenters. The van der Waals surface area contributed by atoms with E-state index in [4.69, 9.17) is 0 Å². The van der Waals surface area contributed by atoms with Crippen LogP contribution < -0.4 is 0 Å². The summed E-state index contributed by atoms with van der Waals surface area (Å²) in [5.41, 5.74) is -1.10. The quantitative estimate of drug-likeness (QED) is 0.372. The van der Waals surface area contributed by atoms with E-state index in [0.717, 1.165) is 12.6 Å². The number of benzene rings is 1. The molecule has 0 unspecified atom stereocenters. The summed E-state index contributed by atoms with van der Waals surface area (Å²) in [6, 6.07) is 6.72. The van der Waals surface area contributed by atoms with Gasteiger partial charge in [-0.2, -0.15) is 35.1 Å². The zero-order chi connectivity index (χ0) is 25.3. The number of amides is 1. The number of carbonyl (C=O) groups is 1. The van der Waals surface area contributed by atoms with Crippen LogP contribution in [0.3, 0.4) is 0 Å². The van der Waals surface area contributed by atoms with Crippen LogP contribution in [0.15, 0.2) is 24.3 Å². The van der Waals surface area contributed by atoms with Gasteiger partial charge in [0, 0.05) is 19.0 Å². The predicted octanol–water partition coefficient (Wildman–Crippen LogP) is 6.68. The molecule has 0 aliphatic heterocycles. The summed E-state index contributed by atoms with van der Waals surface area (Å²) in [6.07, 6.45) is -14.2. The number of halogens is 8. The molecule has 3 nitrogen and oxygen atoms in total. The highest BCUT2D eigenvalue weighted by Crippen LogP contribution is 2.52. The molecule has 0 heterocycles. The molecule has 1 amide bonds. The lowest BCUT2D eigenvalue weighted by molar-refractivity contribution is -0.477. The van der Waals surface area contributed by atoms with Crippen molar-refractivity contribution in [3.05, 3.63) is 35.4 Å². The minimum absolute atomic E-state index is 0.216. The van der Waals surface area contributed by atoms with Crippen molar-refractivity contribution >= 4 is 5.91 Å². The fourth-order valence-corrected chi connectivity index (χ4v) is 2.53. The van der Waals surface area contributed by atoms with E-state index in [2.05, 4.69) is 4.74 Å². The molecule has 0 N–H and O–H groups in total. The van der Waals surface area contributed by atoms with Crippen molar-refractivity contribution in [1.29, 1.82) is 0 Å². The molecule has 0 saturated carbocycles. The Morgan fingerprint density at radius 2 is 1.38 bits per heavy atom. The number of alkyl halides is 8. The lowest BCUT2D eigenvalue weighted by Gasteiger charge is -2.38. The van der Waals surface area contributed by atoms with E-state index in [1.165, 1.54) is 0 Å². The van der Waals surface area contributed by atoms with Crippen molar-refractivity contribution in [2.45, 2.75) is 77.6 Å². The summed E-state index contributed by atoms with van der Waals surface area (Å²) < 4.78 is 113. The van der Waals surface area contributed by atoms with Gasteiger partial charge in [-0.05, 0) is 17.0 Å². The Morgan fingerprint density at radius 1 is 0.906 bits per heavy atom. The van der Waals surface area contributed by atoms with Crippen LogP contribution in [0.4, 0.5) is 35.1 Å². The van der Waals surface area contributed by atoms with E-state index >= 15 is 0 Å². The number of nitrogens with zero attached hydrogens (tertiary/aromatic N) is 1. The molecule has 184 valence electrons. The Bertz CT molecular complexity index is 786. The topological polar surface area (TPSA) is 29.5 Å². The first kappa shape index (κ1) is 28.1. The molecule has 1 aromatic carbocycles. The normalized spacial score (nSPS) is 14.1. The minimum Gasteiger partial charge on any atom is -0.341 e. The van der Waals surface area contributed by atoms with Crippen molar-refractivity contribution in [3.63, 3.8) is 0 Å². The zero-order valence-corrected chi connectivity index (χ0v) is 18.6. The maximum Gasteiger partial charge on any atom is 0.424 e. The van der Waals surface area contributed by atoms with Gasteiger partial charge in [0.15, 0.2) is 0 Å². The number of rotatable bonds is 9. The second-order valence-corrected chi connectivity index (χ2v) is 8.99. The second kappa shape index (κ2) is 9.15. The molecular weight excluding hydrogens is 450 g/mol. The van der Waals surface area contributed by atoms with Gasteiger partial charge >= 0.3 is 24.1 Å². The fraction of sp³-hybridized carbons (Fsp3) is 0.667. The molecule has 32 heavy (non-hydrogen) atoms. The van der Waals surface area contributed by atoms with Crippen molar-refractivity contribution < 1.29 is 44.7 Å². The van der Waals surface area contributed by atoms with Crippen LogP contribution in [-0.2, 0) is 16.1 Å². The van der Waals surface area contributed by atoms with Gasteiger partial charge in [-0.1, -0.05) is 58.9 Å². The van der Waals surface area contributed by atoms with Crippen molar-refractivity contribution in [3.8, 4) is 0 Å². The monoisotopic (exact) mass is 477 g/mol. The lowest BCUT2D eigenvalue weighted by atomic mass is 9.87. The molecule has 0 aliphatic carbocycles. The standard InChI is InChI=1S/C21H27F8NO2/c1-13(2)15-9-7-14(8-10-15)12-30(6)16(31)11-18(22,23)20(26,27)32-21(28,29)19(24,25)17(3,4)5/h7-10,13H,11-12H2,1-6H3. The van der Waals surface area contributed by atoms with Crippen molar-refractivity contribution in [2.75, 3.05) is 7.05 Å². The van der Waals surface area contributed by atoms with E-state index in [9.17, 15) is 39.9 Å². The first-order chi connectivity index (χ1) is 14.1. The molecule has 0 spiro atoms. The van der Waals surface area contributed by atoms with Gasteiger partial charge in [-0.25, -0.2) is 4.74 Å². The maximum absolute atomic E-state index is 14.0.